The zero-order valence-electron chi connectivity index (χ0n) is 12.0. The van der Waals surface area contributed by atoms with Crippen LogP contribution in [0, 0.1) is 5.92 Å². The Morgan fingerprint density at radius 2 is 2.11 bits per heavy atom. The van der Waals surface area contributed by atoms with E-state index in [0.29, 0.717) is 17.8 Å². The Labute approximate surface area is 114 Å². The van der Waals surface area contributed by atoms with Crippen molar-refractivity contribution in [2.24, 2.45) is 5.92 Å². The minimum atomic E-state index is -0.0103. The molecule has 1 aromatic rings. The summed E-state index contributed by atoms with van der Waals surface area (Å²) in [5.41, 5.74) is 1.11. The summed E-state index contributed by atoms with van der Waals surface area (Å²) in [5.74, 6) is 2.41. The van der Waals surface area contributed by atoms with Gasteiger partial charge in [-0.1, -0.05) is 13.8 Å². The molecule has 0 amide bonds. The Kier molecular flexibility index (Phi) is 4.58. The van der Waals surface area contributed by atoms with Gasteiger partial charge < -0.3 is 15.7 Å². The van der Waals surface area contributed by atoms with Gasteiger partial charge in [-0.15, -0.1) is 0 Å². The monoisotopic (exact) mass is 264 g/mol. The number of nitrogens with one attached hydrogen (secondary N) is 2. The Bertz CT molecular complexity index is 418. The summed E-state index contributed by atoms with van der Waals surface area (Å²) in [7, 11) is 0. The number of hydrogen-bond acceptors (Lipinski definition) is 5. The van der Waals surface area contributed by atoms with Gasteiger partial charge in [-0.25, -0.2) is 4.98 Å². The highest BCUT2D eigenvalue weighted by atomic mass is 16.3. The predicted octanol–water partition coefficient (Wildman–Crippen LogP) is 2.21. The molecule has 0 unspecified atom stereocenters. The summed E-state index contributed by atoms with van der Waals surface area (Å²) in [6, 6.07) is 2.03. The standard InChI is InChI=1S/C14H24N4O/c1-4-15-13-7-11(10-5-6-10)16-14(18-13)17-12(8-19)9(2)3/h7,9-10,12,19H,4-6,8H2,1-3H3,(H2,15,16,17,18)/t12-/m0/s1. The van der Waals surface area contributed by atoms with E-state index in [2.05, 4.69) is 41.4 Å². The van der Waals surface area contributed by atoms with E-state index in [1.165, 1.54) is 12.8 Å². The first-order chi connectivity index (χ1) is 9.13. The summed E-state index contributed by atoms with van der Waals surface area (Å²) >= 11 is 0. The smallest absolute Gasteiger partial charge is 0.225 e. The van der Waals surface area contributed by atoms with Crippen molar-refractivity contribution >= 4 is 11.8 Å². The van der Waals surface area contributed by atoms with Gasteiger partial charge in [0.15, 0.2) is 0 Å². The summed E-state index contributed by atoms with van der Waals surface area (Å²) in [6.45, 7) is 7.13. The van der Waals surface area contributed by atoms with Crippen LogP contribution in [0.1, 0.15) is 45.2 Å². The van der Waals surface area contributed by atoms with Gasteiger partial charge in [0.25, 0.3) is 0 Å². The average Bonchev–Trinajstić information content (AvgIpc) is 3.20. The molecule has 1 aromatic heterocycles. The number of nitrogens with zero attached hydrogens (tertiary/aromatic N) is 2. The molecule has 0 aliphatic heterocycles. The van der Waals surface area contributed by atoms with Crippen molar-refractivity contribution in [3.63, 3.8) is 0 Å². The first-order valence-electron chi connectivity index (χ1n) is 7.14. The Morgan fingerprint density at radius 3 is 2.63 bits per heavy atom. The maximum absolute atomic E-state index is 9.39. The largest absolute Gasteiger partial charge is 0.394 e. The van der Waals surface area contributed by atoms with Crippen molar-refractivity contribution in [1.82, 2.24) is 9.97 Å². The molecule has 0 bridgehead atoms. The second-order valence-corrected chi connectivity index (χ2v) is 5.48. The number of anilines is 2. The normalized spacial score (nSPS) is 16.5. The molecule has 19 heavy (non-hydrogen) atoms. The highest BCUT2D eigenvalue weighted by Crippen LogP contribution is 2.39. The highest BCUT2D eigenvalue weighted by Gasteiger charge is 2.26. The van der Waals surface area contributed by atoms with E-state index < -0.39 is 0 Å². The van der Waals surface area contributed by atoms with Gasteiger partial charge in [0, 0.05) is 18.5 Å². The average molecular weight is 264 g/mol. The maximum Gasteiger partial charge on any atom is 0.225 e. The quantitative estimate of drug-likeness (QED) is 0.704. The molecule has 0 spiro atoms. The maximum atomic E-state index is 9.39. The lowest BCUT2D eigenvalue weighted by atomic mass is 10.1. The van der Waals surface area contributed by atoms with E-state index in [4.69, 9.17) is 0 Å². The molecule has 106 valence electrons. The number of rotatable bonds is 7. The molecular formula is C14H24N4O. The summed E-state index contributed by atoms with van der Waals surface area (Å²) < 4.78 is 0. The lowest BCUT2D eigenvalue weighted by molar-refractivity contribution is 0.248. The van der Waals surface area contributed by atoms with E-state index in [1.54, 1.807) is 0 Å². The fourth-order valence-corrected chi connectivity index (χ4v) is 1.98. The lowest BCUT2D eigenvalue weighted by Gasteiger charge is -2.20. The summed E-state index contributed by atoms with van der Waals surface area (Å²) in [4.78, 5) is 9.03. The van der Waals surface area contributed by atoms with Crippen molar-refractivity contribution in [3.8, 4) is 0 Å². The van der Waals surface area contributed by atoms with Crippen LogP contribution in [0.3, 0.4) is 0 Å². The molecule has 1 saturated carbocycles. The topological polar surface area (TPSA) is 70.1 Å². The van der Waals surface area contributed by atoms with E-state index in [1.807, 2.05) is 6.07 Å². The van der Waals surface area contributed by atoms with Crippen LogP contribution < -0.4 is 10.6 Å². The van der Waals surface area contributed by atoms with Gasteiger partial charge >= 0.3 is 0 Å². The van der Waals surface area contributed by atoms with Gasteiger partial charge in [-0.05, 0) is 25.7 Å². The van der Waals surface area contributed by atoms with E-state index >= 15 is 0 Å². The molecule has 1 heterocycles. The summed E-state index contributed by atoms with van der Waals surface area (Å²) in [6.07, 6.45) is 2.44. The third-order valence-electron chi connectivity index (χ3n) is 3.42. The number of aliphatic hydroxyl groups excluding tert-OH is 1. The molecule has 0 aromatic carbocycles. The Balaban J connectivity index is 2.17. The van der Waals surface area contributed by atoms with Crippen LogP contribution in [-0.2, 0) is 0 Å². The molecule has 1 atom stereocenters. The third kappa shape index (κ3) is 3.80. The number of aromatic nitrogens is 2. The van der Waals surface area contributed by atoms with Gasteiger partial charge in [-0.2, -0.15) is 4.98 Å². The van der Waals surface area contributed by atoms with Crippen LogP contribution in [0.2, 0.25) is 0 Å². The Morgan fingerprint density at radius 1 is 1.37 bits per heavy atom. The molecule has 1 fully saturated rings. The van der Waals surface area contributed by atoms with Gasteiger partial charge in [-0.3, -0.25) is 0 Å². The van der Waals surface area contributed by atoms with E-state index in [0.717, 1.165) is 18.1 Å². The van der Waals surface area contributed by atoms with Crippen molar-refractivity contribution in [2.45, 2.75) is 45.6 Å². The van der Waals surface area contributed by atoms with E-state index in [-0.39, 0.29) is 12.6 Å². The van der Waals surface area contributed by atoms with Crippen molar-refractivity contribution in [1.29, 1.82) is 0 Å². The highest BCUT2D eigenvalue weighted by molar-refractivity contribution is 5.44. The van der Waals surface area contributed by atoms with Crippen LogP contribution in [-0.4, -0.2) is 34.3 Å². The molecule has 5 nitrogen and oxygen atoms in total. The van der Waals surface area contributed by atoms with Crippen LogP contribution in [0.5, 0.6) is 0 Å². The zero-order chi connectivity index (χ0) is 13.8. The van der Waals surface area contributed by atoms with Crippen LogP contribution in [0.25, 0.3) is 0 Å². The number of hydrogen-bond donors (Lipinski definition) is 3. The van der Waals surface area contributed by atoms with Gasteiger partial charge in [0.1, 0.15) is 5.82 Å². The molecule has 0 radical (unpaired) electrons. The predicted molar refractivity (Wildman–Crippen MR) is 77.5 cm³/mol. The van der Waals surface area contributed by atoms with Crippen molar-refractivity contribution < 1.29 is 5.11 Å². The van der Waals surface area contributed by atoms with Gasteiger partial charge in [0.05, 0.1) is 18.3 Å². The minimum Gasteiger partial charge on any atom is -0.394 e. The molecule has 1 aliphatic carbocycles. The molecule has 0 saturated heterocycles. The summed E-state index contributed by atoms with van der Waals surface area (Å²) in [5, 5.41) is 15.9. The molecule has 2 rings (SSSR count). The second kappa shape index (κ2) is 6.19. The molecule has 5 heteroatoms. The van der Waals surface area contributed by atoms with Crippen LogP contribution in [0.15, 0.2) is 6.07 Å². The SMILES string of the molecule is CCNc1cc(C2CC2)nc(N[C@@H](CO)C(C)C)n1. The van der Waals surface area contributed by atoms with Gasteiger partial charge in [0.2, 0.25) is 5.95 Å². The first-order valence-corrected chi connectivity index (χ1v) is 7.14. The first kappa shape index (κ1) is 14.1. The third-order valence-corrected chi connectivity index (χ3v) is 3.42. The fraction of sp³-hybridized carbons (Fsp3) is 0.714. The van der Waals surface area contributed by atoms with E-state index in [9.17, 15) is 5.11 Å². The lowest BCUT2D eigenvalue weighted by Crippen LogP contribution is -2.30. The Hall–Kier alpha value is -1.36. The van der Waals surface area contributed by atoms with Crippen LogP contribution in [0.4, 0.5) is 11.8 Å². The zero-order valence-corrected chi connectivity index (χ0v) is 12.0. The molecule has 1 aliphatic rings. The van der Waals surface area contributed by atoms with Crippen molar-refractivity contribution in [2.75, 3.05) is 23.8 Å². The van der Waals surface area contributed by atoms with Crippen LogP contribution >= 0.6 is 0 Å². The molecular weight excluding hydrogens is 240 g/mol. The number of aliphatic hydroxyl groups is 1. The second-order valence-electron chi connectivity index (χ2n) is 5.48. The fourth-order valence-electron chi connectivity index (χ4n) is 1.98. The molecule has 3 N–H and O–H groups in total. The minimum absolute atomic E-state index is 0.0103. The van der Waals surface area contributed by atoms with Crippen molar-refractivity contribution in [3.05, 3.63) is 11.8 Å².